The Hall–Kier alpha value is -7.09. The molecular weight excluding hydrogens is 663 g/mol. The highest BCUT2D eigenvalue weighted by Gasteiger charge is 2.51. The van der Waals surface area contributed by atoms with E-state index in [2.05, 4.69) is 200 Å². The zero-order valence-electron chi connectivity index (χ0n) is 30.2. The number of fused-ring (bicyclic) bond motifs is 10. The lowest BCUT2D eigenvalue weighted by Gasteiger charge is -2.30. The summed E-state index contributed by atoms with van der Waals surface area (Å²) in [6.45, 7) is 0. The van der Waals surface area contributed by atoms with Gasteiger partial charge in [0.15, 0.2) is 0 Å². The van der Waals surface area contributed by atoms with Crippen LogP contribution in [0.15, 0.2) is 212 Å². The largest absolute Gasteiger partial charge is 0.248 e. The first-order valence-electron chi connectivity index (χ1n) is 19.0. The van der Waals surface area contributed by atoms with Crippen LogP contribution in [0.3, 0.4) is 0 Å². The third-order valence-corrected chi connectivity index (χ3v) is 11.7. The van der Waals surface area contributed by atoms with Crippen molar-refractivity contribution in [3.8, 4) is 78.1 Å². The van der Waals surface area contributed by atoms with Crippen molar-refractivity contribution >= 4 is 0 Å². The molecular formula is C54H35N. The number of hydrogen-bond donors (Lipinski definition) is 0. The fourth-order valence-electron chi connectivity index (χ4n) is 9.22. The van der Waals surface area contributed by atoms with Gasteiger partial charge >= 0.3 is 0 Å². The van der Waals surface area contributed by atoms with Gasteiger partial charge in [-0.15, -0.1) is 0 Å². The van der Waals surface area contributed by atoms with Crippen LogP contribution in [0.25, 0.3) is 78.1 Å². The number of pyridine rings is 1. The van der Waals surface area contributed by atoms with Gasteiger partial charge in [0.05, 0.1) is 16.8 Å². The van der Waals surface area contributed by atoms with Crippen molar-refractivity contribution in [3.05, 3.63) is 235 Å². The van der Waals surface area contributed by atoms with E-state index in [1.54, 1.807) is 0 Å². The van der Waals surface area contributed by atoms with Crippen LogP contribution in [0.4, 0.5) is 0 Å². The van der Waals surface area contributed by atoms with E-state index in [9.17, 15) is 0 Å². The molecule has 0 aliphatic heterocycles. The third-order valence-electron chi connectivity index (χ3n) is 11.7. The number of aromatic nitrogens is 1. The van der Waals surface area contributed by atoms with Crippen molar-refractivity contribution in [2.75, 3.05) is 0 Å². The fraction of sp³-hybridized carbons (Fsp3) is 0.0185. The van der Waals surface area contributed by atoms with Crippen LogP contribution in [-0.2, 0) is 5.41 Å². The second-order valence-electron chi connectivity index (χ2n) is 14.7. The predicted molar refractivity (Wildman–Crippen MR) is 228 cm³/mol. The minimum atomic E-state index is -0.351. The van der Waals surface area contributed by atoms with E-state index in [0.717, 1.165) is 33.6 Å². The Morgan fingerprint density at radius 2 is 0.618 bits per heavy atom. The SMILES string of the molecule is c1ccc(-c2cc(-c3ccc(-c4cccc(-c5ccc6c(c5)C5(c7ccccc7-c7ccccc75)c5ccccc5-6)c4)cc3)cc(-c3ccccc3)n2)cc1. The average Bonchev–Trinajstić information content (AvgIpc) is 3.74. The van der Waals surface area contributed by atoms with Crippen LogP contribution in [0.5, 0.6) is 0 Å². The molecule has 0 saturated carbocycles. The highest BCUT2D eigenvalue weighted by atomic mass is 14.7. The van der Waals surface area contributed by atoms with Crippen LogP contribution < -0.4 is 0 Å². The topological polar surface area (TPSA) is 12.9 Å². The van der Waals surface area contributed by atoms with Crippen molar-refractivity contribution in [1.82, 2.24) is 4.98 Å². The van der Waals surface area contributed by atoms with E-state index < -0.39 is 0 Å². The molecule has 0 saturated heterocycles. The molecule has 1 spiro atoms. The second-order valence-corrected chi connectivity index (χ2v) is 14.7. The molecule has 1 aromatic heterocycles. The average molecular weight is 698 g/mol. The van der Waals surface area contributed by atoms with Crippen LogP contribution in [-0.4, -0.2) is 4.98 Å². The molecule has 55 heavy (non-hydrogen) atoms. The van der Waals surface area contributed by atoms with Crippen molar-refractivity contribution in [2.45, 2.75) is 5.41 Å². The highest BCUT2D eigenvalue weighted by molar-refractivity contribution is 5.96. The summed E-state index contributed by atoms with van der Waals surface area (Å²) in [6, 6.07) is 77.4. The summed E-state index contributed by atoms with van der Waals surface area (Å²) >= 11 is 0. The maximum atomic E-state index is 5.08. The summed E-state index contributed by atoms with van der Waals surface area (Å²) in [5, 5.41) is 0. The van der Waals surface area contributed by atoms with E-state index in [1.165, 1.54) is 66.8 Å². The van der Waals surface area contributed by atoms with Gasteiger partial charge in [0.25, 0.3) is 0 Å². The van der Waals surface area contributed by atoms with Gasteiger partial charge in [-0.2, -0.15) is 0 Å². The van der Waals surface area contributed by atoms with E-state index in [0.29, 0.717) is 0 Å². The van der Waals surface area contributed by atoms with Crippen molar-refractivity contribution in [3.63, 3.8) is 0 Å². The molecule has 0 N–H and O–H groups in total. The molecule has 0 bridgehead atoms. The second kappa shape index (κ2) is 12.5. The summed E-state index contributed by atoms with van der Waals surface area (Å²) in [5.41, 5.74) is 21.7. The first-order valence-corrected chi connectivity index (χ1v) is 19.0. The molecule has 9 aromatic rings. The fourth-order valence-corrected chi connectivity index (χ4v) is 9.22. The van der Waals surface area contributed by atoms with Crippen LogP contribution in [0, 0.1) is 0 Å². The Balaban J connectivity index is 0.986. The van der Waals surface area contributed by atoms with Gasteiger partial charge in [0, 0.05) is 11.1 Å². The molecule has 8 aromatic carbocycles. The maximum Gasteiger partial charge on any atom is 0.0725 e. The lowest BCUT2D eigenvalue weighted by atomic mass is 9.70. The summed E-state index contributed by atoms with van der Waals surface area (Å²) in [5.74, 6) is 0. The molecule has 0 fully saturated rings. The van der Waals surface area contributed by atoms with E-state index in [1.807, 2.05) is 12.1 Å². The number of benzene rings is 8. The van der Waals surface area contributed by atoms with Crippen LogP contribution >= 0.6 is 0 Å². The van der Waals surface area contributed by atoms with E-state index in [-0.39, 0.29) is 5.41 Å². The van der Waals surface area contributed by atoms with Gasteiger partial charge in [-0.25, -0.2) is 4.98 Å². The van der Waals surface area contributed by atoms with Crippen molar-refractivity contribution in [2.24, 2.45) is 0 Å². The van der Waals surface area contributed by atoms with E-state index >= 15 is 0 Å². The van der Waals surface area contributed by atoms with Gasteiger partial charge in [-0.05, 0) is 102 Å². The quantitative estimate of drug-likeness (QED) is 0.174. The molecule has 1 heteroatoms. The third kappa shape index (κ3) is 4.90. The Bertz CT molecular complexity index is 2780. The lowest BCUT2D eigenvalue weighted by Crippen LogP contribution is -2.25. The lowest BCUT2D eigenvalue weighted by molar-refractivity contribution is 0.794. The zero-order valence-corrected chi connectivity index (χ0v) is 30.2. The molecule has 0 amide bonds. The number of nitrogens with zero attached hydrogens (tertiary/aromatic N) is 1. The first kappa shape index (κ1) is 31.4. The summed E-state index contributed by atoms with van der Waals surface area (Å²) in [6.07, 6.45) is 0. The minimum absolute atomic E-state index is 0.351. The standard InChI is InChI=1S/C54H35N/c1-3-14-38(15-4-1)52-34-43(35-53(55-52)39-16-5-2-6-17-39)37-28-26-36(27-29-37)40-18-13-19-41(32-40)42-30-31-47-46-22-9-12-25-50(46)54(51(47)33-42)48-23-10-7-20-44(48)45-21-8-11-24-49(45)54/h1-35H. The Labute approximate surface area is 321 Å². The molecule has 256 valence electrons. The molecule has 1 nitrogen and oxygen atoms in total. The normalized spacial score (nSPS) is 12.9. The van der Waals surface area contributed by atoms with Gasteiger partial charge < -0.3 is 0 Å². The summed E-state index contributed by atoms with van der Waals surface area (Å²) in [4.78, 5) is 5.08. The Morgan fingerprint density at radius 3 is 1.15 bits per heavy atom. The zero-order chi connectivity index (χ0) is 36.3. The minimum Gasteiger partial charge on any atom is -0.248 e. The smallest absolute Gasteiger partial charge is 0.0725 e. The van der Waals surface area contributed by atoms with Crippen LogP contribution in [0.2, 0.25) is 0 Å². The Morgan fingerprint density at radius 1 is 0.236 bits per heavy atom. The number of hydrogen-bond acceptors (Lipinski definition) is 1. The molecule has 11 rings (SSSR count). The molecule has 0 atom stereocenters. The van der Waals surface area contributed by atoms with Gasteiger partial charge in [0.1, 0.15) is 0 Å². The van der Waals surface area contributed by atoms with Crippen LogP contribution in [0.1, 0.15) is 22.3 Å². The van der Waals surface area contributed by atoms with Crippen molar-refractivity contribution in [1.29, 1.82) is 0 Å². The summed E-state index contributed by atoms with van der Waals surface area (Å²) < 4.78 is 0. The van der Waals surface area contributed by atoms with Gasteiger partial charge in [-0.1, -0.05) is 188 Å². The summed E-state index contributed by atoms with van der Waals surface area (Å²) in [7, 11) is 0. The molecule has 1 heterocycles. The first-order chi connectivity index (χ1) is 27.3. The predicted octanol–water partition coefficient (Wildman–Crippen LogP) is 13.8. The molecule has 0 unspecified atom stereocenters. The maximum absolute atomic E-state index is 5.08. The van der Waals surface area contributed by atoms with E-state index in [4.69, 9.17) is 4.98 Å². The molecule has 2 aliphatic rings. The highest BCUT2D eigenvalue weighted by Crippen LogP contribution is 2.63. The van der Waals surface area contributed by atoms with Crippen molar-refractivity contribution < 1.29 is 0 Å². The molecule has 0 radical (unpaired) electrons. The van der Waals surface area contributed by atoms with Gasteiger partial charge in [-0.3, -0.25) is 0 Å². The Kier molecular flexibility index (Phi) is 7.15. The number of rotatable bonds is 5. The molecule has 2 aliphatic carbocycles. The van der Waals surface area contributed by atoms with Gasteiger partial charge in [0.2, 0.25) is 0 Å². The monoisotopic (exact) mass is 697 g/mol.